The highest BCUT2D eigenvalue weighted by Crippen LogP contribution is 2.34. The Bertz CT molecular complexity index is 965. The minimum absolute atomic E-state index is 0.185. The van der Waals surface area contributed by atoms with E-state index in [9.17, 15) is 29.6 Å². The Kier molecular flexibility index (Phi) is 6.63. The van der Waals surface area contributed by atoms with Crippen molar-refractivity contribution >= 4 is 5.91 Å². The Morgan fingerprint density at radius 2 is 1.94 bits per heavy atom. The highest BCUT2D eigenvalue weighted by molar-refractivity contribution is 5.95. The molecule has 1 aliphatic rings. The van der Waals surface area contributed by atoms with Crippen LogP contribution in [0.25, 0.3) is 11.1 Å². The van der Waals surface area contributed by atoms with Crippen molar-refractivity contribution in [3.8, 4) is 16.9 Å². The Balaban J connectivity index is 1.88. The second kappa shape index (κ2) is 8.89. The molecule has 1 heterocycles. The Morgan fingerprint density at radius 1 is 1.23 bits per heavy atom. The lowest BCUT2D eigenvalue weighted by Crippen LogP contribution is -2.66. The largest absolute Gasteiger partial charge is 0.461 e. The van der Waals surface area contributed by atoms with Crippen LogP contribution < -0.4 is 10.1 Å². The van der Waals surface area contributed by atoms with Crippen LogP contribution in [0, 0.1) is 12.7 Å². The number of benzene rings is 2. The van der Waals surface area contributed by atoms with Crippen molar-refractivity contribution < 1.29 is 39.1 Å². The van der Waals surface area contributed by atoms with Gasteiger partial charge in [0.25, 0.3) is 5.91 Å². The minimum atomic E-state index is -1.94. The van der Waals surface area contributed by atoms with Gasteiger partial charge in [0.1, 0.15) is 29.9 Å². The number of hydrogen-bond acceptors (Lipinski definition) is 7. The zero-order valence-electron chi connectivity index (χ0n) is 17.4. The molecule has 0 spiro atoms. The molecule has 8 nitrogen and oxygen atoms in total. The fraction of sp³-hybridized carbons (Fsp3) is 0.409. The smallest absolute Gasteiger partial charge is 0.251 e. The zero-order valence-corrected chi connectivity index (χ0v) is 17.4. The fourth-order valence-electron chi connectivity index (χ4n) is 3.47. The van der Waals surface area contributed by atoms with Crippen LogP contribution >= 0.6 is 0 Å². The number of hydrogen-bond donors (Lipinski definition) is 5. The standard InChI is InChI=1S/C22H26FNO7/c1-11-6-12(13-7-14(20(28)24-3)9-15(23)8-13)4-5-16(11)30-21-22(2,29)19(27)18(26)17(10-25)31-21/h4-9,17-19,21,25-27,29H,10H2,1-3H3,(H,24,28)/t17?,18-,19?,21+,22+/m1/s1. The first-order valence-electron chi connectivity index (χ1n) is 9.73. The molecular formula is C22H26FNO7. The predicted molar refractivity (Wildman–Crippen MR) is 109 cm³/mol. The second-order valence-corrected chi connectivity index (χ2v) is 7.76. The van der Waals surface area contributed by atoms with E-state index in [0.717, 1.165) is 6.07 Å². The van der Waals surface area contributed by atoms with Gasteiger partial charge in [0.15, 0.2) is 5.60 Å². The SMILES string of the molecule is CNC(=O)c1cc(F)cc(-c2ccc(O[C@H]3OC(CO)[C@@H](O)C(O)[C@]3(C)O)c(C)c2)c1. The second-order valence-electron chi connectivity index (χ2n) is 7.76. The minimum Gasteiger partial charge on any atom is -0.461 e. The molecule has 5 N–H and O–H groups in total. The molecule has 0 radical (unpaired) electrons. The lowest BCUT2D eigenvalue weighted by molar-refractivity contribution is -0.314. The average Bonchev–Trinajstić information content (AvgIpc) is 2.74. The molecule has 1 aliphatic heterocycles. The van der Waals surface area contributed by atoms with Gasteiger partial charge in [-0.1, -0.05) is 6.07 Å². The summed E-state index contributed by atoms with van der Waals surface area (Å²) in [6.45, 7) is 2.42. The topological polar surface area (TPSA) is 128 Å². The molecule has 9 heteroatoms. The number of halogens is 1. The van der Waals surface area contributed by atoms with Gasteiger partial charge in [-0.25, -0.2) is 4.39 Å². The van der Waals surface area contributed by atoms with E-state index in [1.165, 1.54) is 20.0 Å². The molecule has 168 valence electrons. The maximum Gasteiger partial charge on any atom is 0.251 e. The number of aryl methyl sites for hydroxylation is 1. The molecule has 3 rings (SSSR count). The first kappa shape index (κ1) is 23.1. The van der Waals surface area contributed by atoms with Gasteiger partial charge in [0.2, 0.25) is 6.29 Å². The number of aliphatic hydroxyl groups is 4. The number of carbonyl (C=O) groups is 1. The summed E-state index contributed by atoms with van der Waals surface area (Å²) in [6, 6.07) is 8.96. The third kappa shape index (κ3) is 4.56. The molecule has 1 fully saturated rings. The van der Waals surface area contributed by atoms with E-state index in [-0.39, 0.29) is 5.56 Å². The quantitative estimate of drug-likeness (QED) is 0.468. The number of rotatable bonds is 5. The van der Waals surface area contributed by atoms with Gasteiger partial charge in [-0.05, 0) is 60.9 Å². The van der Waals surface area contributed by atoms with Crippen molar-refractivity contribution in [2.45, 2.75) is 44.1 Å². The molecule has 2 aromatic carbocycles. The van der Waals surface area contributed by atoms with Crippen LogP contribution in [0.2, 0.25) is 0 Å². The molecule has 1 amide bonds. The molecule has 5 atom stereocenters. The van der Waals surface area contributed by atoms with Gasteiger partial charge in [-0.2, -0.15) is 0 Å². The monoisotopic (exact) mass is 435 g/mol. The van der Waals surface area contributed by atoms with E-state index in [2.05, 4.69) is 5.32 Å². The third-order valence-corrected chi connectivity index (χ3v) is 5.39. The molecular weight excluding hydrogens is 409 g/mol. The van der Waals surface area contributed by atoms with Crippen LogP contribution in [0.3, 0.4) is 0 Å². The van der Waals surface area contributed by atoms with Gasteiger partial charge in [-0.15, -0.1) is 0 Å². The van der Waals surface area contributed by atoms with Gasteiger partial charge in [0, 0.05) is 12.6 Å². The number of amides is 1. The summed E-state index contributed by atoms with van der Waals surface area (Å²) in [5, 5.41) is 42.6. The molecule has 0 saturated carbocycles. The highest BCUT2D eigenvalue weighted by Gasteiger charge is 2.53. The maximum atomic E-state index is 14.0. The van der Waals surface area contributed by atoms with Crippen LogP contribution in [-0.4, -0.2) is 70.2 Å². The Labute approximate surface area is 178 Å². The van der Waals surface area contributed by atoms with Gasteiger partial charge < -0.3 is 35.2 Å². The lowest BCUT2D eigenvalue weighted by atomic mass is 9.88. The number of aliphatic hydroxyl groups excluding tert-OH is 3. The van der Waals surface area contributed by atoms with Crippen molar-refractivity contribution in [1.82, 2.24) is 5.32 Å². The third-order valence-electron chi connectivity index (χ3n) is 5.39. The molecule has 0 bridgehead atoms. The number of ether oxygens (including phenoxy) is 2. The average molecular weight is 435 g/mol. The van der Waals surface area contributed by atoms with E-state index in [1.54, 1.807) is 31.2 Å². The van der Waals surface area contributed by atoms with Crippen molar-refractivity contribution in [2.75, 3.05) is 13.7 Å². The van der Waals surface area contributed by atoms with Gasteiger partial charge in [-0.3, -0.25) is 4.79 Å². The summed E-state index contributed by atoms with van der Waals surface area (Å²) in [4.78, 5) is 11.9. The summed E-state index contributed by atoms with van der Waals surface area (Å²) < 4.78 is 25.2. The van der Waals surface area contributed by atoms with Crippen molar-refractivity contribution in [2.24, 2.45) is 0 Å². The molecule has 31 heavy (non-hydrogen) atoms. The first-order chi connectivity index (χ1) is 14.6. The van der Waals surface area contributed by atoms with Gasteiger partial charge in [0.05, 0.1) is 6.61 Å². The highest BCUT2D eigenvalue weighted by atomic mass is 19.1. The molecule has 2 unspecified atom stereocenters. The van der Waals surface area contributed by atoms with Crippen LogP contribution in [0.15, 0.2) is 36.4 Å². The number of carbonyl (C=O) groups excluding carboxylic acids is 1. The maximum absolute atomic E-state index is 14.0. The van der Waals surface area contributed by atoms with Gasteiger partial charge >= 0.3 is 0 Å². The van der Waals surface area contributed by atoms with Crippen LogP contribution in [-0.2, 0) is 4.74 Å². The van der Waals surface area contributed by atoms with E-state index < -0.39 is 48.5 Å². The Hall–Kier alpha value is -2.56. The predicted octanol–water partition coefficient (Wildman–Crippen LogP) is 0.730. The van der Waals surface area contributed by atoms with Crippen molar-refractivity contribution in [1.29, 1.82) is 0 Å². The summed E-state index contributed by atoms with van der Waals surface area (Å²) in [5.74, 6) is -0.645. The molecule has 2 aromatic rings. The summed E-state index contributed by atoms with van der Waals surface area (Å²) >= 11 is 0. The normalized spacial score (nSPS) is 28.3. The summed E-state index contributed by atoms with van der Waals surface area (Å²) in [6.07, 6.45) is -5.57. The van der Waals surface area contributed by atoms with Crippen LogP contribution in [0.1, 0.15) is 22.8 Å². The zero-order chi connectivity index (χ0) is 22.9. The van der Waals surface area contributed by atoms with Crippen LogP contribution in [0.5, 0.6) is 5.75 Å². The fourth-order valence-corrected chi connectivity index (χ4v) is 3.47. The van der Waals surface area contributed by atoms with E-state index in [1.807, 2.05) is 0 Å². The number of nitrogens with one attached hydrogen (secondary N) is 1. The van der Waals surface area contributed by atoms with Crippen molar-refractivity contribution in [3.63, 3.8) is 0 Å². The Morgan fingerprint density at radius 3 is 2.55 bits per heavy atom. The summed E-state index contributed by atoms with van der Waals surface area (Å²) in [7, 11) is 1.46. The molecule has 0 aromatic heterocycles. The first-order valence-corrected chi connectivity index (χ1v) is 9.73. The van der Waals surface area contributed by atoms with Crippen molar-refractivity contribution in [3.05, 3.63) is 53.3 Å². The van der Waals surface area contributed by atoms with E-state index in [0.29, 0.717) is 22.4 Å². The van der Waals surface area contributed by atoms with E-state index in [4.69, 9.17) is 9.47 Å². The summed E-state index contributed by atoms with van der Waals surface area (Å²) in [5.41, 5.74) is -0.0163. The van der Waals surface area contributed by atoms with Crippen LogP contribution in [0.4, 0.5) is 4.39 Å². The molecule has 0 aliphatic carbocycles. The van der Waals surface area contributed by atoms with E-state index >= 15 is 0 Å². The molecule has 1 saturated heterocycles. The lowest BCUT2D eigenvalue weighted by Gasteiger charge is -2.45.